The average molecular weight is 399 g/mol. The number of rotatable bonds is 9. The summed E-state index contributed by atoms with van der Waals surface area (Å²) in [6.45, 7) is 5.97. The Bertz CT molecular complexity index is 817. The van der Waals surface area contributed by atoms with E-state index >= 15 is 0 Å². The summed E-state index contributed by atoms with van der Waals surface area (Å²) in [6.07, 6.45) is 0.658. The fraction of sp³-hybridized carbons (Fsp3) is 0.364. The van der Waals surface area contributed by atoms with Gasteiger partial charge in [-0.15, -0.1) is 0 Å². The number of methoxy groups -OCH3 is 2. The van der Waals surface area contributed by atoms with Gasteiger partial charge in [0.05, 0.1) is 14.2 Å². The second-order valence-electron chi connectivity index (χ2n) is 6.37. The number of hydrogen-bond donors (Lipinski definition) is 2. The summed E-state index contributed by atoms with van der Waals surface area (Å²) in [5.74, 6) is 0.582. The first-order valence-corrected chi connectivity index (χ1v) is 9.68. The van der Waals surface area contributed by atoms with Gasteiger partial charge in [-0.3, -0.25) is 20.4 Å². The minimum atomic E-state index is -0.358. The van der Waals surface area contributed by atoms with E-state index in [0.29, 0.717) is 23.5 Å². The molecule has 2 amide bonds. The van der Waals surface area contributed by atoms with Crippen LogP contribution < -0.4 is 25.2 Å². The number of nitrogens with one attached hydrogen (secondary N) is 2. The van der Waals surface area contributed by atoms with Crippen LogP contribution in [0, 0.1) is 0 Å². The normalized spacial score (nSPS) is 10.2. The fourth-order valence-corrected chi connectivity index (χ4v) is 3.07. The Hall–Kier alpha value is -3.22. The summed E-state index contributed by atoms with van der Waals surface area (Å²) in [5.41, 5.74) is 7.31. The first-order valence-electron chi connectivity index (χ1n) is 9.68. The van der Waals surface area contributed by atoms with Gasteiger partial charge in [0, 0.05) is 30.8 Å². The van der Waals surface area contributed by atoms with Crippen LogP contribution in [0.5, 0.6) is 11.5 Å². The molecule has 0 saturated heterocycles. The monoisotopic (exact) mass is 399 g/mol. The van der Waals surface area contributed by atoms with Gasteiger partial charge in [-0.05, 0) is 56.2 Å². The van der Waals surface area contributed by atoms with E-state index in [1.807, 2.05) is 24.3 Å². The molecule has 2 N–H and O–H groups in total. The van der Waals surface area contributed by atoms with Crippen molar-refractivity contribution in [3.63, 3.8) is 0 Å². The van der Waals surface area contributed by atoms with Gasteiger partial charge >= 0.3 is 0 Å². The van der Waals surface area contributed by atoms with Crippen molar-refractivity contribution in [1.82, 2.24) is 10.9 Å². The Morgan fingerprint density at radius 2 is 1.62 bits per heavy atom. The minimum absolute atomic E-state index is 0.199. The molecule has 0 aromatic heterocycles. The lowest BCUT2D eigenvalue weighted by Gasteiger charge is -2.21. The van der Waals surface area contributed by atoms with Crippen molar-refractivity contribution in [2.45, 2.75) is 26.7 Å². The van der Waals surface area contributed by atoms with Crippen LogP contribution in [0.15, 0.2) is 42.5 Å². The van der Waals surface area contributed by atoms with Gasteiger partial charge < -0.3 is 14.4 Å². The summed E-state index contributed by atoms with van der Waals surface area (Å²) in [5, 5.41) is 0. The number of nitrogens with zero attached hydrogens (tertiary/aromatic N) is 1. The Morgan fingerprint density at radius 1 is 0.931 bits per heavy atom. The molecule has 2 aromatic rings. The second kappa shape index (κ2) is 10.9. The van der Waals surface area contributed by atoms with E-state index in [1.54, 1.807) is 32.4 Å². The van der Waals surface area contributed by atoms with E-state index in [0.717, 1.165) is 24.3 Å². The number of anilines is 1. The molecule has 0 aliphatic rings. The van der Waals surface area contributed by atoms with Crippen LogP contribution >= 0.6 is 0 Å². The summed E-state index contributed by atoms with van der Waals surface area (Å²) >= 11 is 0. The van der Waals surface area contributed by atoms with Gasteiger partial charge in [0.15, 0.2) is 11.5 Å². The Balaban J connectivity index is 1.87. The van der Waals surface area contributed by atoms with Crippen LogP contribution in [0.25, 0.3) is 0 Å². The third-order valence-corrected chi connectivity index (χ3v) is 4.68. The SMILES string of the molecule is CCN(CC)c1ccc(C(=O)NNC(=O)CCc2cccc(OC)c2OC)cc1. The van der Waals surface area contributed by atoms with Gasteiger partial charge in [-0.1, -0.05) is 12.1 Å². The zero-order valence-electron chi connectivity index (χ0n) is 17.5. The molecule has 0 aliphatic heterocycles. The maximum atomic E-state index is 12.3. The number of benzene rings is 2. The zero-order valence-corrected chi connectivity index (χ0v) is 17.5. The second-order valence-corrected chi connectivity index (χ2v) is 6.37. The lowest BCUT2D eigenvalue weighted by atomic mass is 10.1. The first kappa shape index (κ1) is 22.1. The molecule has 0 fully saturated rings. The summed E-state index contributed by atoms with van der Waals surface area (Å²) < 4.78 is 10.6. The van der Waals surface area contributed by atoms with Crippen molar-refractivity contribution < 1.29 is 19.1 Å². The lowest BCUT2D eigenvalue weighted by Crippen LogP contribution is -2.41. The molecule has 0 saturated carbocycles. The first-order chi connectivity index (χ1) is 14.0. The Kier molecular flexibility index (Phi) is 8.33. The number of hydrazine groups is 1. The summed E-state index contributed by atoms with van der Waals surface area (Å²) in [4.78, 5) is 26.6. The molecule has 0 spiro atoms. The maximum Gasteiger partial charge on any atom is 0.269 e. The van der Waals surface area contributed by atoms with E-state index in [4.69, 9.17) is 9.47 Å². The number of ether oxygens (including phenoxy) is 2. The zero-order chi connectivity index (χ0) is 21.2. The van der Waals surface area contributed by atoms with Gasteiger partial charge in [0.25, 0.3) is 5.91 Å². The molecular weight excluding hydrogens is 370 g/mol. The molecule has 7 nitrogen and oxygen atoms in total. The number of carbonyl (C=O) groups is 2. The van der Waals surface area contributed by atoms with E-state index in [-0.39, 0.29) is 18.2 Å². The average Bonchev–Trinajstić information content (AvgIpc) is 2.76. The third-order valence-electron chi connectivity index (χ3n) is 4.68. The van der Waals surface area contributed by atoms with Crippen LogP contribution in [-0.4, -0.2) is 39.1 Å². The molecule has 0 radical (unpaired) electrons. The highest BCUT2D eigenvalue weighted by Gasteiger charge is 2.12. The Labute approximate surface area is 172 Å². The van der Waals surface area contributed by atoms with Crippen molar-refractivity contribution in [2.75, 3.05) is 32.2 Å². The van der Waals surface area contributed by atoms with E-state index in [2.05, 4.69) is 29.6 Å². The third kappa shape index (κ3) is 5.88. The van der Waals surface area contributed by atoms with E-state index in [1.165, 1.54) is 0 Å². The fourth-order valence-electron chi connectivity index (χ4n) is 3.07. The predicted molar refractivity (Wildman–Crippen MR) is 113 cm³/mol. The maximum absolute atomic E-state index is 12.3. The molecule has 0 unspecified atom stereocenters. The highest BCUT2D eigenvalue weighted by Crippen LogP contribution is 2.31. The van der Waals surface area contributed by atoms with Crippen LogP contribution in [0.3, 0.4) is 0 Å². The Morgan fingerprint density at radius 3 is 2.21 bits per heavy atom. The van der Waals surface area contributed by atoms with Crippen molar-refractivity contribution in [2.24, 2.45) is 0 Å². The van der Waals surface area contributed by atoms with Gasteiger partial charge in [0.2, 0.25) is 5.91 Å². The molecule has 0 heterocycles. The minimum Gasteiger partial charge on any atom is -0.493 e. The molecule has 0 bridgehead atoms. The topological polar surface area (TPSA) is 79.9 Å². The molecule has 2 rings (SSSR count). The van der Waals surface area contributed by atoms with Crippen LogP contribution in [0.1, 0.15) is 36.2 Å². The number of aryl methyl sites for hydroxylation is 1. The van der Waals surface area contributed by atoms with Crippen LogP contribution in [0.2, 0.25) is 0 Å². The van der Waals surface area contributed by atoms with E-state index in [9.17, 15) is 9.59 Å². The molecule has 156 valence electrons. The largest absolute Gasteiger partial charge is 0.493 e. The molecule has 0 aliphatic carbocycles. The standard InChI is InChI=1S/C22H29N3O4/c1-5-25(6-2)18-13-10-17(11-14-18)22(27)24-23-20(26)15-12-16-8-7-9-19(28-3)21(16)29-4/h7-11,13-14H,5-6,12,15H2,1-4H3,(H,23,26)(H,24,27). The number of carbonyl (C=O) groups excluding carboxylic acids is 2. The molecule has 0 atom stereocenters. The summed E-state index contributed by atoms with van der Waals surface area (Å²) in [6, 6.07) is 12.8. The van der Waals surface area contributed by atoms with Gasteiger partial charge in [-0.2, -0.15) is 0 Å². The molecule has 7 heteroatoms. The highest BCUT2D eigenvalue weighted by molar-refractivity contribution is 5.95. The number of hydrogen-bond acceptors (Lipinski definition) is 5. The number of amides is 2. The predicted octanol–water partition coefficient (Wildman–Crippen LogP) is 2.94. The quantitative estimate of drug-likeness (QED) is 0.634. The lowest BCUT2D eigenvalue weighted by molar-refractivity contribution is -0.121. The van der Waals surface area contributed by atoms with Crippen molar-refractivity contribution in [1.29, 1.82) is 0 Å². The molecular formula is C22H29N3O4. The molecule has 29 heavy (non-hydrogen) atoms. The van der Waals surface area contributed by atoms with Crippen LogP contribution in [0.4, 0.5) is 5.69 Å². The van der Waals surface area contributed by atoms with Crippen molar-refractivity contribution in [3.8, 4) is 11.5 Å². The highest BCUT2D eigenvalue weighted by atomic mass is 16.5. The molecule has 2 aromatic carbocycles. The number of para-hydroxylation sites is 1. The smallest absolute Gasteiger partial charge is 0.269 e. The van der Waals surface area contributed by atoms with Gasteiger partial charge in [-0.25, -0.2) is 0 Å². The van der Waals surface area contributed by atoms with Gasteiger partial charge in [0.1, 0.15) is 0 Å². The van der Waals surface area contributed by atoms with Crippen molar-refractivity contribution in [3.05, 3.63) is 53.6 Å². The van der Waals surface area contributed by atoms with Crippen molar-refractivity contribution >= 4 is 17.5 Å². The van der Waals surface area contributed by atoms with Crippen LogP contribution in [-0.2, 0) is 11.2 Å². The summed E-state index contributed by atoms with van der Waals surface area (Å²) in [7, 11) is 3.13. The van der Waals surface area contributed by atoms with E-state index < -0.39 is 0 Å².